The molecular formula is C28H32N4O4. The number of carbonyl (C=O) groups is 1. The number of nitrogens with zero attached hydrogens (tertiary/aromatic N) is 2. The maximum atomic E-state index is 12.0. The highest BCUT2D eigenvalue weighted by molar-refractivity contribution is 5.96. The molecule has 2 aliphatic rings. The summed E-state index contributed by atoms with van der Waals surface area (Å²) in [4.78, 5) is 12.0. The molecule has 3 aromatic rings. The summed E-state index contributed by atoms with van der Waals surface area (Å²) in [6.45, 7) is 4.30. The van der Waals surface area contributed by atoms with Crippen molar-refractivity contribution in [3.8, 4) is 23.1 Å². The Bertz CT molecular complexity index is 1290. The lowest BCUT2D eigenvalue weighted by Crippen LogP contribution is -2.28. The van der Waals surface area contributed by atoms with Crippen LogP contribution >= 0.6 is 0 Å². The molecule has 0 aliphatic heterocycles. The molecule has 1 heterocycles. The van der Waals surface area contributed by atoms with Gasteiger partial charge >= 0.3 is 6.09 Å². The van der Waals surface area contributed by atoms with Crippen molar-refractivity contribution in [2.45, 2.75) is 64.5 Å². The first-order chi connectivity index (χ1) is 17.5. The van der Waals surface area contributed by atoms with Crippen LogP contribution in [-0.4, -0.2) is 34.8 Å². The largest absolute Gasteiger partial charge is 0.412 e. The smallest absolute Gasteiger partial charge is 0.410 e. The molecule has 0 radical (unpaired) electrons. The van der Waals surface area contributed by atoms with E-state index in [-0.39, 0.29) is 12.1 Å². The van der Waals surface area contributed by atoms with E-state index < -0.39 is 12.5 Å². The predicted octanol–water partition coefficient (Wildman–Crippen LogP) is 5.52. The van der Waals surface area contributed by atoms with E-state index in [0.717, 1.165) is 60.0 Å². The molecule has 2 saturated carbocycles. The molecule has 5 rings (SSSR count). The number of anilines is 1. The summed E-state index contributed by atoms with van der Waals surface area (Å²) in [5.41, 5.74) is 3.99. The molecule has 2 fully saturated rings. The Morgan fingerprint density at radius 2 is 1.94 bits per heavy atom. The van der Waals surface area contributed by atoms with Gasteiger partial charge in [0, 0.05) is 29.7 Å². The average molecular weight is 489 g/mol. The highest BCUT2D eigenvalue weighted by Gasteiger charge is 2.30. The van der Waals surface area contributed by atoms with Crippen LogP contribution in [0, 0.1) is 17.2 Å². The van der Waals surface area contributed by atoms with Gasteiger partial charge in [-0.15, -0.1) is 0 Å². The molecule has 0 spiro atoms. The standard InChI is InChI=1S/C28H32N4O4/c1-3-30-27(33)36-22-13-14-23-24(16-29)26(32(25(23)15-22)21-5-4-6-21)19-9-11-20(12-10-19)31-28(34)35-17(2)18-7-8-18/h9-15,17-18,21,28,31,34H,3-8H2,1-2H3,(H,30,33)/t17-,28?/m1/s1. The molecule has 0 saturated heterocycles. The number of fused-ring (bicyclic) bond motifs is 1. The van der Waals surface area contributed by atoms with Crippen molar-refractivity contribution in [3.63, 3.8) is 0 Å². The van der Waals surface area contributed by atoms with E-state index in [4.69, 9.17) is 9.47 Å². The number of nitriles is 1. The number of nitrogens with one attached hydrogen (secondary N) is 2. The van der Waals surface area contributed by atoms with E-state index in [1.807, 2.05) is 50.2 Å². The van der Waals surface area contributed by atoms with E-state index in [1.54, 1.807) is 6.07 Å². The molecule has 1 amide bonds. The van der Waals surface area contributed by atoms with Gasteiger partial charge in [0.15, 0.2) is 0 Å². The Hall–Kier alpha value is -3.54. The lowest BCUT2D eigenvalue weighted by atomic mass is 9.92. The Balaban J connectivity index is 1.46. The number of hydrogen-bond donors (Lipinski definition) is 3. The second-order valence-corrected chi connectivity index (χ2v) is 9.64. The molecular weight excluding hydrogens is 456 g/mol. The van der Waals surface area contributed by atoms with Gasteiger partial charge in [-0.05, 0) is 81.7 Å². The number of aliphatic hydroxyl groups is 1. The average Bonchev–Trinajstić information content (AvgIpc) is 3.63. The number of carbonyl (C=O) groups excluding carboxylic acids is 1. The van der Waals surface area contributed by atoms with E-state index >= 15 is 0 Å². The molecule has 0 bridgehead atoms. The molecule has 2 atom stereocenters. The van der Waals surface area contributed by atoms with Gasteiger partial charge in [-0.25, -0.2) is 4.79 Å². The van der Waals surface area contributed by atoms with Crippen LogP contribution in [0.4, 0.5) is 10.5 Å². The first-order valence-electron chi connectivity index (χ1n) is 12.7. The SMILES string of the molecule is CCNC(=O)Oc1ccc2c(C#N)c(-c3ccc(NC(O)O[C@H](C)C4CC4)cc3)n(C3CCC3)c2c1. The highest BCUT2D eigenvalue weighted by atomic mass is 16.6. The summed E-state index contributed by atoms with van der Waals surface area (Å²) in [5, 5.41) is 26.9. The number of amides is 1. The van der Waals surface area contributed by atoms with Gasteiger partial charge in [0.25, 0.3) is 0 Å². The summed E-state index contributed by atoms with van der Waals surface area (Å²) in [6, 6.07) is 15.8. The van der Waals surface area contributed by atoms with Gasteiger partial charge in [-0.1, -0.05) is 12.1 Å². The summed E-state index contributed by atoms with van der Waals surface area (Å²) < 4.78 is 13.3. The number of aromatic nitrogens is 1. The van der Waals surface area contributed by atoms with Gasteiger partial charge in [-0.3, -0.25) is 0 Å². The van der Waals surface area contributed by atoms with Gasteiger partial charge in [0.05, 0.1) is 22.9 Å². The van der Waals surface area contributed by atoms with E-state index in [0.29, 0.717) is 23.8 Å². The Kier molecular flexibility index (Phi) is 6.86. The second-order valence-electron chi connectivity index (χ2n) is 9.64. The zero-order valence-corrected chi connectivity index (χ0v) is 20.7. The Morgan fingerprint density at radius 1 is 1.19 bits per heavy atom. The molecule has 2 aromatic carbocycles. The van der Waals surface area contributed by atoms with Crippen LogP contribution < -0.4 is 15.4 Å². The third kappa shape index (κ3) is 4.90. The fourth-order valence-corrected chi connectivity index (χ4v) is 4.84. The maximum Gasteiger partial charge on any atom is 0.412 e. The van der Waals surface area contributed by atoms with Crippen LogP contribution in [-0.2, 0) is 4.74 Å². The van der Waals surface area contributed by atoms with Crippen LogP contribution in [0.15, 0.2) is 42.5 Å². The van der Waals surface area contributed by atoms with Crippen molar-refractivity contribution >= 4 is 22.7 Å². The Labute approximate surface area is 210 Å². The molecule has 8 heteroatoms. The van der Waals surface area contributed by atoms with Crippen molar-refractivity contribution in [1.82, 2.24) is 9.88 Å². The summed E-state index contributed by atoms with van der Waals surface area (Å²) in [7, 11) is 0. The van der Waals surface area contributed by atoms with Gasteiger partial charge in [0.2, 0.25) is 6.41 Å². The van der Waals surface area contributed by atoms with Gasteiger partial charge in [-0.2, -0.15) is 5.26 Å². The van der Waals surface area contributed by atoms with Crippen molar-refractivity contribution in [2.75, 3.05) is 11.9 Å². The van der Waals surface area contributed by atoms with Crippen molar-refractivity contribution in [3.05, 3.63) is 48.0 Å². The second kappa shape index (κ2) is 10.2. The van der Waals surface area contributed by atoms with E-state index in [9.17, 15) is 15.2 Å². The van der Waals surface area contributed by atoms with Crippen LogP contribution in [0.1, 0.15) is 57.6 Å². The Morgan fingerprint density at radius 3 is 2.56 bits per heavy atom. The highest BCUT2D eigenvalue weighted by Crippen LogP contribution is 2.43. The number of aliphatic hydroxyl groups excluding tert-OH is 1. The third-order valence-electron chi connectivity index (χ3n) is 7.14. The first kappa shape index (κ1) is 24.2. The quantitative estimate of drug-likeness (QED) is 0.343. The normalized spacial score (nSPS) is 17.2. The number of hydrogen-bond acceptors (Lipinski definition) is 6. The summed E-state index contributed by atoms with van der Waals surface area (Å²) in [6.07, 6.45) is 3.95. The van der Waals surface area contributed by atoms with Gasteiger partial charge < -0.3 is 29.8 Å². The van der Waals surface area contributed by atoms with Crippen molar-refractivity contribution < 1.29 is 19.4 Å². The number of ether oxygens (including phenoxy) is 2. The molecule has 1 unspecified atom stereocenters. The molecule has 36 heavy (non-hydrogen) atoms. The van der Waals surface area contributed by atoms with E-state index in [1.165, 1.54) is 0 Å². The minimum atomic E-state index is -1.08. The summed E-state index contributed by atoms with van der Waals surface area (Å²) >= 11 is 0. The van der Waals surface area contributed by atoms with Gasteiger partial charge in [0.1, 0.15) is 11.8 Å². The molecule has 3 N–H and O–H groups in total. The lowest BCUT2D eigenvalue weighted by Gasteiger charge is -2.30. The number of benzene rings is 2. The molecule has 188 valence electrons. The zero-order valence-electron chi connectivity index (χ0n) is 20.7. The number of rotatable bonds is 9. The fourth-order valence-electron chi connectivity index (χ4n) is 4.84. The lowest BCUT2D eigenvalue weighted by molar-refractivity contribution is -0.117. The monoisotopic (exact) mass is 488 g/mol. The molecule has 8 nitrogen and oxygen atoms in total. The van der Waals surface area contributed by atoms with Crippen molar-refractivity contribution in [1.29, 1.82) is 5.26 Å². The predicted molar refractivity (Wildman–Crippen MR) is 138 cm³/mol. The first-order valence-corrected chi connectivity index (χ1v) is 12.7. The van der Waals surface area contributed by atoms with Crippen LogP contribution in [0.2, 0.25) is 0 Å². The van der Waals surface area contributed by atoms with Crippen LogP contribution in [0.5, 0.6) is 5.75 Å². The van der Waals surface area contributed by atoms with Crippen LogP contribution in [0.25, 0.3) is 22.2 Å². The van der Waals surface area contributed by atoms with Crippen LogP contribution in [0.3, 0.4) is 0 Å². The fraction of sp³-hybridized carbons (Fsp3) is 0.429. The minimum Gasteiger partial charge on any atom is -0.410 e. The summed E-state index contributed by atoms with van der Waals surface area (Å²) in [5.74, 6) is 0.977. The van der Waals surface area contributed by atoms with Crippen molar-refractivity contribution in [2.24, 2.45) is 5.92 Å². The van der Waals surface area contributed by atoms with E-state index in [2.05, 4.69) is 21.3 Å². The molecule has 1 aromatic heterocycles. The molecule has 2 aliphatic carbocycles. The maximum absolute atomic E-state index is 12.0. The zero-order chi connectivity index (χ0) is 25.2. The minimum absolute atomic E-state index is 0.0186. The topological polar surface area (TPSA) is 109 Å². The third-order valence-corrected chi connectivity index (χ3v) is 7.14.